The zero-order chi connectivity index (χ0) is 40.7. The molecule has 1 N–H and O–H groups in total. The van der Waals surface area contributed by atoms with Crippen molar-refractivity contribution in [2.24, 2.45) is 0 Å². The minimum Gasteiger partial charge on any atom is -0.461 e. The molecule has 0 aliphatic heterocycles. The summed E-state index contributed by atoms with van der Waals surface area (Å²) >= 11 is 0. The Morgan fingerprint density at radius 2 is 0.690 bits per heavy atom. The maximum atomic E-state index is 11.5. The molecule has 0 aliphatic rings. The first-order valence-corrected chi connectivity index (χ1v) is 18.4. The molecule has 0 heterocycles. The van der Waals surface area contributed by atoms with Gasteiger partial charge in [0, 0.05) is 29.2 Å². The fourth-order valence-corrected chi connectivity index (χ4v) is 5.68. The van der Waals surface area contributed by atoms with Crippen LogP contribution in [0.4, 0.5) is 17.1 Å². The number of anilines is 3. The van der Waals surface area contributed by atoms with Gasteiger partial charge in [-0.05, 0) is 112 Å². The highest BCUT2D eigenvalue weighted by Crippen LogP contribution is 2.35. The summed E-state index contributed by atoms with van der Waals surface area (Å²) in [5.74, 6) is 0.485. The van der Waals surface area contributed by atoms with Crippen molar-refractivity contribution < 1.29 is 28.9 Å². The first-order valence-electron chi connectivity index (χ1n) is 18.4. The quantitative estimate of drug-likeness (QED) is 0.0262. The highest BCUT2D eigenvalue weighted by Gasteiger charge is 2.13. The van der Waals surface area contributed by atoms with Gasteiger partial charge in [0.05, 0.1) is 0 Å². The van der Waals surface area contributed by atoms with E-state index in [1.165, 1.54) is 6.08 Å². The van der Waals surface area contributed by atoms with Crippen LogP contribution in [-0.2, 0) is 9.59 Å². The zero-order valence-corrected chi connectivity index (χ0v) is 31.7. The molecule has 7 nitrogen and oxygen atoms in total. The van der Waals surface area contributed by atoms with Crippen LogP contribution in [0, 0.1) is 0 Å². The van der Waals surface area contributed by atoms with Gasteiger partial charge in [0.25, 0.3) is 0 Å². The van der Waals surface area contributed by atoms with Crippen molar-refractivity contribution in [3.63, 3.8) is 0 Å². The first kappa shape index (κ1) is 39.9. The molecule has 7 heteroatoms. The second kappa shape index (κ2) is 19.7. The van der Waals surface area contributed by atoms with E-state index in [2.05, 4.69) is 97.4 Å². The minimum atomic E-state index is -1.05. The molecule has 0 aliphatic carbocycles. The summed E-state index contributed by atoms with van der Waals surface area (Å²) in [7, 11) is 0. The van der Waals surface area contributed by atoms with Crippen molar-refractivity contribution in [3.8, 4) is 17.2 Å². The topological polar surface area (TPSA) is 85.3 Å². The highest BCUT2D eigenvalue weighted by atomic mass is 16.6. The van der Waals surface area contributed by atoms with E-state index < -0.39 is 18.2 Å². The molecule has 1 unspecified atom stereocenters. The van der Waals surface area contributed by atoms with Crippen molar-refractivity contribution in [1.29, 1.82) is 0 Å². The predicted octanol–water partition coefficient (Wildman–Crippen LogP) is 11.7. The van der Waals surface area contributed by atoms with Gasteiger partial charge in [0.2, 0.25) is 6.29 Å². The van der Waals surface area contributed by atoms with Gasteiger partial charge in [-0.15, -0.1) is 0 Å². The average Bonchev–Trinajstić information content (AvgIpc) is 3.27. The number of ether oxygens (including phenoxy) is 3. The molecule has 0 saturated heterocycles. The van der Waals surface area contributed by atoms with E-state index >= 15 is 0 Å². The molecule has 1 atom stereocenters. The molecule has 286 valence electrons. The van der Waals surface area contributed by atoms with Crippen molar-refractivity contribution in [2.45, 2.75) is 6.29 Å². The minimum absolute atomic E-state index is 0.460. The van der Waals surface area contributed by atoms with Crippen LogP contribution >= 0.6 is 0 Å². The maximum absolute atomic E-state index is 11.5. The smallest absolute Gasteiger partial charge is 0.335 e. The van der Waals surface area contributed by atoms with Crippen LogP contribution < -0.4 is 19.1 Å². The van der Waals surface area contributed by atoms with Gasteiger partial charge in [-0.3, -0.25) is 0 Å². The lowest BCUT2D eigenvalue weighted by Crippen LogP contribution is -2.10. The van der Waals surface area contributed by atoms with E-state index in [1.807, 2.05) is 72.9 Å². The van der Waals surface area contributed by atoms with Crippen molar-refractivity contribution >= 4 is 65.5 Å². The van der Waals surface area contributed by atoms with E-state index in [4.69, 9.17) is 14.2 Å². The summed E-state index contributed by atoms with van der Waals surface area (Å²) in [5.41, 5.74) is 8.96. The summed E-state index contributed by atoms with van der Waals surface area (Å²) < 4.78 is 15.7. The Kier molecular flexibility index (Phi) is 13.6. The Labute approximate surface area is 338 Å². The first-order chi connectivity index (χ1) is 28.3. The number of nitrogens with zero attached hydrogens (tertiary/aromatic N) is 1. The van der Waals surface area contributed by atoms with Gasteiger partial charge < -0.3 is 24.2 Å². The van der Waals surface area contributed by atoms with E-state index in [9.17, 15) is 14.7 Å². The van der Waals surface area contributed by atoms with E-state index in [0.717, 1.165) is 62.6 Å². The molecular weight excluding hydrogens is 723 g/mol. The van der Waals surface area contributed by atoms with E-state index in [1.54, 1.807) is 36.4 Å². The zero-order valence-electron chi connectivity index (χ0n) is 31.7. The Balaban J connectivity index is 1.21. The molecule has 58 heavy (non-hydrogen) atoms. The fraction of sp³-hybridized carbons (Fsp3) is 0.0196. The molecule has 6 aromatic carbocycles. The Morgan fingerprint density at radius 3 is 0.948 bits per heavy atom. The van der Waals surface area contributed by atoms with Gasteiger partial charge >= 0.3 is 11.9 Å². The third-order valence-corrected chi connectivity index (χ3v) is 8.73. The summed E-state index contributed by atoms with van der Waals surface area (Å²) in [6.45, 7) is 10.4. The number of hydrogen-bond acceptors (Lipinski definition) is 7. The number of hydrogen-bond donors (Lipinski definition) is 1. The van der Waals surface area contributed by atoms with Gasteiger partial charge in [0.15, 0.2) is 0 Å². The molecule has 6 rings (SSSR count). The van der Waals surface area contributed by atoms with Crippen LogP contribution in [0.2, 0.25) is 0 Å². The third-order valence-electron chi connectivity index (χ3n) is 8.73. The van der Waals surface area contributed by atoms with Crippen LogP contribution in [0.25, 0.3) is 36.5 Å². The molecule has 0 saturated carbocycles. The number of rotatable bonds is 16. The standard InChI is InChI=1S/C51H41NO6/c1-4-49(53)56-46-31-19-40(20-32-46)10-7-37-13-25-43(26-14-37)52(44-27-15-38(16-28-44)8-11-41-21-33-47(34-22-41)57-50(54)5-2)45-29-17-39(18-30-45)9-12-42-23-35-48(36-24-42)58-51(55)6-3/h4-36,49,53H,1-3H2. The van der Waals surface area contributed by atoms with E-state index in [-0.39, 0.29) is 0 Å². The van der Waals surface area contributed by atoms with Gasteiger partial charge in [0.1, 0.15) is 17.2 Å². The number of carbonyl (C=O) groups is 2. The number of aliphatic hydroxyl groups is 1. The van der Waals surface area contributed by atoms with Gasteiger partial charge in [-0.25, -0.2) is 9.59 Å². The van der Waals surface area contributed by atoms with Crippen molar-refractivity contribution in [1.82, 2.24) is 0 Å². The number of carbonyl (C=O) groups excluding carboxylic acids is 2. The van der Waals surface area contributed by atoms with Crippen molar-refractivity contribution in [2.75, 3.05) is 4.90 Å². The third kappa shape index (κ3) is 11.4. The summed E-state index contributed by atoms with van der Waals surface area (Å²) in [4.78, 5) is 25.2. The molecule has 0 fully saturated rings. The number of esters is 2. The van der Waals surface area contributed by atoms with E-state index in [0.29, 0.717) is 17.2 Å². The number of benzene rings is 6. The highest BCUT2D eigenvalue weighted by molar-refractivity contribution is 5.84. The molecule has 0 radical (unpaired) electrons. The second-order valence-corrected chi connectivity index (χ2v) is 12.8. The average molecular weight is 764 g/mol. The Bertz CT molecular complexity index is 2310. The largest absolute Gasteiger partial charge is 0.461 e. The van der Waals surface area contributed by atoms with Gasteiger partial charge in [-0.2, -0.15) is 0 Å². The SMILES string of the molecule is C=CC(=O)Oc1ccc(C=Cc2ccc(N(c3ccc(C=Cc4ccc(OC(=O)C=C)cc4)cc3)c3ccc(C=Cc4ccc(OC(O)C=C)cc4)cc3)cc2)cc1. The fourth-order valence-electron chi connectivity index (χ4n) is 5.68. The van der Waals surface area contributed by atoms with Crippen LogP contribution in [0.15, 0.2) is 184 Å². The summed E-state index contributed by atoms with van der Waals surface area (Å²) in [6, 6.07) is 47.0. The molecule has 0 spiro atoms. The molecule has 0 aromatic heterocycles. The maximum Gasteiger partial charge on any atom is 0.335 e. The molecule has 0 amide bonds. The van der Waals surface area contributed by atoms with Gasteiger partial charge in [-0.1, -0.05) is 129 Å². The van der Waals surface area contributed by atoms with Crippen molar-refractivity contribution in [3.05, 3.63) is 217 Å². The lowest BCUT2D eigenvalue weighted by molar-refractivity contribution is -0.129. The lowest BCUT2D eigenvalue weighted by atomic mass is 10.1. The molecule has 6 aromatic rings. The lowest BCUT2D eigenvalue weighted by Gasteiger charge is -2.26. The predicted molar refractivity (Wildman–Crippen MR) is 236 cm³/mol. The monoisotopic (exact) mass is 763 g/mol. The normalized spacial score (nSPS) is 11.6. The second-order valence-electron chi connectivity index (χ2n) is 12.8. The number of aliphatic hydroxyl groups excluding tert-OH is 1. The van der Waals surface area contributed by atoms with Crippen LogP contribution in [0.3, 0.4) is 0 Å². The summed E-state index contributed by atoms with van der Waals surface area (Å²) in [6.07, 6.45) is 14.7. The van der Waals surface area contributed by atoms with Crippen LogP contribution in [0.1, 0.15) is 33.4 Å². The summed E-state index contributed by atoms with van der Waals surface area (Å²) in [5, 5.41) is 9.66. The van der Waals surface area contributed by atoms with Crippen LogP contribution in [0.5, 0.6) is 17.2 Å². The Hall–Kier alpha value is -7.74. The molecular formula is C51H41NO6. The van der Waals surface area contributed by atoms with Crippen LogP contribution in [-0.4, -0.2) is 23.3 Å². The molecule has 0 bridgehead atoms. The Morgan fingerprint density at radius 1 is 0.431 bits per heavy atom.